The predicted molar refractivity (Wildman–Crippen MR) is 82.1 cm³/mol. The van der Waals surface area contributed by atoms with Crippen LogP contribution in [0.25, 0.3) is 10.9 Å². The van der Waals surface area contributed by atoms with Crippen molar-refractivity contribution in [3.63, 3.8) is 0 Å². The first-order valence-corrected chi connectivity index (χ1v) is 8.86. The van der Waals surface area contributed by atoms with E-state index in [1.807, 2.05) is 0 Å². The lowest BCUT2D eigenvalue weighted by Gasteiger charge is -2.23. The van der Waals surface area contributed by atoms with Crippen LogP contribution in [0.3, 0.4) is 0 Å². The highest BCUT2D eigenvalue weighted by molar-refractivity contribution is 7.91. The fraction of sp³-hybridized carbons (Fsp3) is 0.400. The van der Waals surface area contributed by atoms with Crippen LogP contribution < -0.4 is 0 Å². The number of carbonyl (C=O) groups excluding carboxylic acids is 1. The van der Waals surface area contributed by atoms with Crippen LogP contribution in [0.15, 0.2) is 18.2 Å². The Morgan fingerprint density at radius 1 is 1.41 bits per heavy atom. The number of benzene rings is 1. The summed E-state index contributed by atoms with van der Waals surface area (Å²) in [4.78, 5) is 17.1. The molecule has 0 bridgehead atoms. The van der Waals surface area contributed by atoms with Crippen molar-refractivity contribution in [2.45, 2.75) is 19.4 Å². The number of aromatic amines is 1. The number of aromatic nitrogens is 1. The molecule has 1 aromatic carbocycles. The van der Waals surface area contributed by atoms with E-state index in [0.29, 0.717) is 28.6 Å². The molecule has 0 spiro atoms. The van der Waals surface area contributed by atoms with Crippen molar-refractivity contribution in [2.24, 2.45) is 0 Å². The second-order valence-corrected chi connectivity index (χ2v) is 8.02. The molecule has 3 rings (SSSR count). The van der Waals surface area contributed by atoms with Crippen molar-refractivity contribution in [1.29, 1.82) is 0 Å². The number of aryl methyl sites for hydroxylation is 1. The predicted octanol–water partition coefficient (Wildman–Crippen LogP) is 1.87. The number of fused-ring (bicyclic) bond motifs is 1. The lowest BCUT2D eigenvalue weighted by Crippen LogP contribution is -2.38. The van der Waals surface area contributed by atoms with Crippen LogP contribution in [0.2, 0.25) is 0 Å². The molecule has 1 amide bonds. The normalized spacial score (nSPS) is 20.4. The van der Waals surface area contributed by atoms with Crippen molar-refractivity contribution < 1.29 is 17.6 Å². The van der Waals surface area contributed by atoms with E-state index in [9.17, 15) is 17.6 Å². The van der Waals surface area contributed by atoms with Gasteiger partial charge in [-0.15, -0.1) is 0 Å². The van der Waals surface area contributed by atoms with E-state index < -0.39 is 9.84 Å². The average Bonchev–Trinajstić information content (AvgIpc) is 2.98. The largest absolute Gasteiger partial charge is 0.350 e. The van der Waals surface area contributed by atoms with Gasteiger partial charge in [-0.25, -0.2) is 12.8 Å². The summed E-state index contributed by atoms with van der Waals surface area (Å²) in [5.41, 5.74) is 1.74. The molecular formula is C15H17FN2O3S. The molecule has 1 aliphatic rings. The minimum Gasteiger partial charge on any atom is -0.350 e. The van der Waals surface area contributed by atoms with Gasteiger partial charge >= 0.3 is 0 Å². The Kier molecular flexibility index (Phi) is 3.47. The zero-order valence-electron chi connectivity index (χ0n) is 12.4. The molecule has 0 radical (unpaired) electrons. The molecule has 1 unspecified atom stereocenters. The lowest BCUT2D eigenvalue weighted by atomic mass is 10.1. The van der Waals surface area contributed by atoms with Gasteiger partial charge in [0.25, 0.3) is 5.91 Å². The first-order valence-electron chi connectivity index (χ1n) is 7.04. The number of nitrogens with zero attached hydrogens (tertiary/aromatic N) is 1. The van der Waals surface area contributed by atoms with Crippen LogP contribution in [0.4, 0.5) is 4.39 Å². The molecule has 1 atom stereocenters. The van der Waals surface area contributed by atoms with Gasteiger partial charge in [0, 0.05) is 24.0 Å². The Morgan fingerprint density at radius 2 is 2.14 bits per heavy atom. The van der Waals surface area contributed by atoms with E-state index in [1.165, 1.54) is 17.0 Å². The second kappa shape index (κ2) is 5.08. The van der Waals surface area contributed by atoms with Gasteiger partial charge in [0.05, 0.1) is 11.5 Å². The number of amides is 1. The number of rotatable bonds is 2. The van der Waals surface area contributed by atoms with Gasteiger partial charge in [-0.3, -0.25) is 4.79 Å². The third kappa shape index (κ3) is 2.49. The molecule has 1 N–H and O–H groups in total. The molecule has 5 nitrogen and oxygen atoms in total. The highest BCUT2D eigenvalue weighted by atomic mass is 32.2. The number of H-pyrrole nitrogens is 1. The molecule has 0 saturated carbocycles. The molecule has 2 aromatic rings. The fourth-order valence-corrected chi connectivity index (χ4v) is 4.71. The van der Waals surface area contributed by atoms with Crippen molar-refractivity contribution in [3.05, 3.63) is 35.3 Å². The third-order valence-corrected chi connectivity index (χ3v) is 6.06. The zero-order valence-corrected chi connectivity index (χ0v) is 13.2. The quantitative estimate of drug-likeness (QED) is 0.917. The zero-order chi connectivity index (χ0) is 16.1. The first kappa shape index (κ1) is 15.0. The van der Waals surface area contributed by atoms with Crippen LogP contribution in [-0.2, 0) is 9.84 Å². The van der Waals surface area contributed by atoms with Gasteiger partial charge in [-0.1, -0.05) is 0 Å². The van der Waals surface area contributed by atoms with Crippen LogP contribution in [0, 0.1) is 12.7 Å². The molecule has 0 aliphatic carbocycles. The number of sulfone groups is 1. The maximum atomic E-state index is 13.3. The third-order valence-electron chi connectivity index (χ3n) is 4.31. The van der Waals surface area contributed by atoms with Gasteiger partial charge in [-0.05, 0) is 37.1 Å². The summed E-state index contributed by atoms with van der Waals surface area (Å²) in [6.07, 6.45) is 0.457. The summed E-state index contributed by atoms with van der Waals surface area (Å²) in [6, 6.07) is 4.01. The van der Waals surface area contributed by atoms with Gasteiger partial charge in [0.15, 0.2) is 9.84 Å². The van der Waals surface area contributed by atoms with Crippen molar-refractivity contribution in [3.8, 4) is 0 Å². The standard InChI is InChI=1S/C15H17FN2O3S/c1-9-12-7-10(16)3-4-13(12)17-14(9)15(19)18(2)11-5-6-22(20,21)8-11/h3-4,7,11,17H,5-6,8H2,1-2H3. The molecular weight excluding hydrogens is 307 g/mol. The number of nitrogens with one attached hydrogen (secondary N) is 1. The summed E-state index contributed by atoms with van der Waals surface area (Å²) in [6.45, 7) is 1.75. The second-order valence-electron chi connectivity index (χ2n) is 5.79. The molecule has 1 fully saturated rings. The van der Waals surface area contributed by atoms with Crippen molar-refractivity contribution >= 4 is 26.6 Å². The van der Waals surface area contributed by atoms with Gasteiger partial charge < -0.3 is 9.88 Å². The highest BCUT2D eigenvalue weighted by Gasteiger charge is 2.33. The van der Waals surface area contributed by atoms with Crippen LogP contribution in [0.1, 0.15) is 22.5 Å². The number of halogens is 1. The molecule has 1 aromatic heterocycles. The Morgan fingerprint density at radius 3 is 2.77 bits per heavy atom. The smallest absolute Gasteiger partial charge is 0.270 e. The minimum absolute atomic E-state index is 0.00312. The molecule has 2 heterocycles. The molecule has 22 heavy (non-hydrogen) atoms. The minimum atomic E-state index is -3.05. The number of hydrogen-bond acceptors (Lipinski definition) is 3. The van der Waals surface area contributed by atoms with E-state index in [-0.39, 0.29) is 29.3 Å². The summed E-state index contributed by atoms with van der Waals surface area (Å²) in [7, 11) is -1.44. The molecule has 7 heteroatoms. The summed E-state index contributed by atoms with van der Waals surface area (Å²) in [5.74, 6) is -0.505. The van der Waals surface area contributed by atoms with Gasteiger partial charge in [0.1, 0.15) is 11.5 Å². The Hall–Kier alpha value is -1.89. The number of carbonyl (C=O) groups is 1. The van der Waals surface area contributed by atoms with E-state index in [2.05, 4.69) is 4.98 Å². The first-order chi connectivity index (χ1) is 10.3. The topological polar surface area (TPSA) is 70.2 Å². The van der Waals surface area contributed by atoms with E-state index in [0.717, 1.165) is 0 Å². The Balaban J connectivity index is 1.94. The van der Waals surface area contributed by atoms with Gasteiger partial charge in [-0.2, -0.15) is 0 Å². The molecule has 1 saturated heterocycles. The maximum absolute atomic E-state index is 13.3. The van der Waals surface area contributed by atoms with Crippen LogP contribution in [-0.4, -0.2) is 48.8 Å². The van der Waals surface area contributed by atoms with E-state index in [1.54, 1.807) is 20.0 Å². The van der Waals surface area contributed by atoms with E-state index >= 15 is 0 Å². The molecule has 1 aliphatic heterocycles. The fourth-order valence-electron chi connectivity index (χ4n) is 2.94. The summed E-state index contributed by atoms with van der Waals surface area (Å²) >= 11 is 0. The van der Waals surface area contributed by atoms with Crippen molar-refractivity contribution in [1.82, 2.24) is 9.88 Å². The highest BCUT2D eigenvalue weighted by Crippen LogP contribution is 2.25. The SMILES string of the molecule is Cc1c(C(=O)N(C)C2CCS(=O)(=O)C2)[nH]c2ccc(F)cc12. The van der Waals surface area contributed by atoms with Gasteiger partial charge in [0.2, 0.25) is 0 Å². The molecule has 118 valence electrons. The summed E-state index contributed by atoms with van der Waals surface area (Å²) < 4.78 is 36.5. The van der Waals surface area contributed by atoms with E-state index in [4.69, 9.17) is 0 Å². The maximum Gasteiger partial charge on any atom is 0.270 e. The summed E-state index contributed by atoms with van der Waals surface area (Å²) in [5, 5.41) is 0.663. The Labute approximate surface area is 128 Å². The monoisotopic (exact) mass is 324 g/mol. The Bertz CT molecular complexity index is 857. The van der Waals surface area contributed by atoms with Crippen LogP contribution >= 0.6 is 0 Å². The number of hydrogen-bond donors (Lipinski definition) is 1. The van der Waals surface area contributed by atoms with Crippen LogP contribution in [0.5, 0.6) is 0 Å². The lowest BCUT2D eigenvalue weighted by molar-refractivity contribution is 0.0742. The van der Waals surface area contributed by atoms with Crippen molar-refractivity contribution in [2.75, 3.05) is 18.6 Å². The average molecular weight is 324 g/mol.